The van der Waals surface area contributed by atoms with Crippen molar-refractivity contribution < 1.29 is 70.9 Å². The Morgan fingerprint density at radius 3 is 1.24 bits per heavy atom. The predicted molar refractivity (Wildman–Crippen MR) is 64.0 cm³/mol. The summed E-state index contributed by atoms with van der Waals surface area (Å²) in [6, 6.07) is -6.36. The lowest BCUT2D eigenvalue weighted by Gasteiger charge is -2.51. The molecule has 29 heavy (non-hydrogen) atoms. The van der Waals surface area contributed by atoms with Crippen LogP contribution in [0.15, 0.2) is 0 Å². The molecule has 0 aliphatic carbocycles. The van der Waals surface area contributed by atoms with Crippen LogP contribution in [0.1, 0.15) is 0 Å². The molecule has 0 aromatic carbocycles. The van der Waals surface area contributed by atoms with Crippen molar-refractivity contribution in [1.29, 1.82) is 0 Å². The van der Waals surface area contributed by atoms with Crippen LogP contribution >= 0.6 is 0 Å². The lowest BCUT2D eigenvalue weighted by molar-refractivity contribution is -0.491. The second-order valence-electron chi connectivity index (χ2n) is 5.74. The standard InChI is InChI=1S/C12H11F14NO2/c1-28-6(7(13,14)10(19,20)21,8(15,16)11(22,23)24)9(17,18)12(25,26)27-2-4-29-5-3-27/h2-5H2,1H3. The minimum Gasteiger partial charge on any atom is -0.379 e. The molecule has 0 bridgehead atoms. The lowest BCUT2D eigenvalue weighted by atomic mass is 9.79. The number of hydrogen-bond acceptors (Lipinski definition) is 3. The first-order valence-electron chi connectivity index (χ1n) is 7.19. The first kappa shape index (κ1) is 25.9. The van der Waals surface area contributed by atoms with Gasteiger partial charge in [0.05, 0.1) is 13.2 Å². The van der Waals surface area contributed by atoms with E-state index in [1.165, 1.54) is 0 Å². The Kier molecular flexibility index (Phi) is 6.48. The SMILES string of the molecule is COC(C(F)(F)C(F)(F)F)(C(F)(F)C(F)(F)F)C(F)(F)C(F)(F)N1CCOCC1. The molecular weight excluding hydrogens is 456 g/mol. The Morgan fingerprint density at radius 2 is 0.966 bits per heavy atom. The van der Waals surface area contributed by atoms with Crippen molar-refractivity contribution in [3.05, 3.63) is 0 Å². The number of ether oxygens (including phenoxy) is 2. The van der Waals surface area contributed by atoms with E-state index in [2.05, 4.69) is 9.47 Å². The van der Waals surface area contributed by atoms with E-state index in [9.17, 15) is 61.5 Å². The molecule has 0 saturated carbocycles. The summed E-state index contributed by atoms with van der Waals surface area (Å²) in [5, 5.41) is 0. The molecule has 3 nitrogen and oxygen atoms in total. The third-order valence-electron chi connectivity index (χ3n) is 4.13. The quantitative estimate of drug-likeness (QED) is 0.429. The second-order valence-corrected chi connectivity index (χ2v) is 5.74. The van der Waals surface area contributed by atoms with E-state index in [1.54, 1.807) is 0 Å². The summed E-state index contributed by atoms with van der Waals surface area (Å²) in [4.78, 5) is -0.858. The van der Waals surface area contributed by atoms with Crippen LogP contribution in [0.25, 0.3) is 0 Å². The summed E-state index contributed by atoms with van der Waals surface area (Å²) < 4.78 is 196. The van der Waals surface area contributed by atoms with Gasteiger partial charge >= 0.3 is 36.2 Å². The molecule has 0 amide bonds. The summed E-state index contributed by atoms with van der Waals surface area (Å²) in [7, 11) is -0.817. The Hall–Kier alpha value is -1.10. The normalized spacial score (nSPS) is 19.6. The van der Waals surface area contributed by atoms with Gasteiger partial charge in [0, 0.05) is 20.2 Å². The fourth-order valence-electron chi connectivity index (χ4n) is 2.63. The molecule has 1 aliphatic heterocycles. The zero-order valence-corrected chi connectivity index (χ0v) is 13.9. The van der Waals surface area contributed by atoms with Crippen molar-refractivity contribution >= 4 is 0 Å². The molecule has 0 atom stereocenters. The molecule has 174 valence electrons. The van der Waals surface area contributed by atoms with E-state index < -0.39 is 80.1 Å². The average molecular weight is 467 g/mol. The monoisotopic (exact) mass is 467 g/mol. The zero-order chi connectivity index (χ0) is 23.3. The number of alkyl halides is 14. The van der Waals surface area contributed by atoms with Gasteiger partial charge in [0.25, 0.3) is 5.60 Å². The highest BCUT2D eigenvalue weighted by atomic mass is 19.4. The number of methoxy groups -OCH3 is 1. The predicted octanol–water partition coefficient (Wildman–Crippen LogP) is 4.33. The molecule has 0 unspecified atom stereocenters. The van der Waals surface area contributed by atoms with Crippen LogP contribution in [0.2, 0.25) is 0 Å². The van der Waals surface area contributed by atoms with Gasteiger partial charge in [-0.25, -0.2) is 4.90 Å². The Bertz CT molecular complexity index is 552. The summed E-state index contributed by atoms with van der Waals surface area (Å²) in [6.07, 6.45) is -15.1. The summed E-state index contributed by atoms with van der Waals surface area (Å²) in [5.41, 5.74) is -7.40. The number of nitrogens with zero attached hydrogens (tertiary/aromatic N) is 1. The van der Waals surface area contributed by atoms with Gasteiger partial charge in [-0.3, -0.25) is 0 Å². The third kappa shape index (κ3) is 3.41. The zero-order valence-electron chi connectivity index (χ0n) is 13.9. The maximum absolute atomic E-state index is 14.4. The molecular formula is C12H11F14NO2. The van der Waals surface area contributed by atoms with Gasteiger partial charge in [-0.15, -0.1) is 0 Å². The molecule has 1 saturated heterocycles. The molecule has 1 aliphatic rings. The third-order valence-corrected chi connectivity index (χ3v) is 4.13. The second kappa shape index (κ2) is 7.25. The topological polar surface area (TPSA) is 21.7 Å². The van der Waals surface area contributed by atoms with Crippen LogP contribution in [0.3, 0.4) is 0 Å². The molecule has 1 fully saturated rings. The number of morpholine rings is 1. The molecule has 0 N–H and O–H groups in total. The van der Waals surface area contributed by atoms with Crippen molar-refractivity contribution in [1.82, 2.24) is 4.90 Å². The van der Waals surface area contributed by atoms with E-state index in [4.69, 9.17) is 0 Å². The van der Waals surface area contributed by atoms with Crippen molar-refractivity contribution in [2.24, 2.45) is 0 Å². The molecule has 0 spiro atoms. The Balaban J connectivity index is 3.93. The van der Waals surface area contributed by atoms with Gasteiger partial charge in [0.2, 0.25) is 0 Å². The van der Waals surface area contributed by atoms with E-state index >= 15 is 0 Å². The molecule has 1 rings (SSSR count). The maximum atomic E-state index is 14.4. The van der Waals surface area contributed by atoms with Crippen molar-refractivity contribution in [3.63, 3.8) is 0 Å². The van der Waals surface area contributed by atoms with Crippen LogP contribution in [-0.2, 0) is 9.47 Å². The highest BCUT2D eigenvalue weighted by Gasteiger charge is 2.97. The van der Waals surface area contributed by atoms with Crippen LogP contribution in [0.5, 0.6) is 0 Å². The number of rotatable bonds is 6. The van der Waals surface area contributed by atoms with Gasteiger partial charge < -0.3 is 9.47 Å². The van der Waals surface area contributed by atoms with E-state index in [1.807, 2.05) is 0 Å². The van der Waals surface area contributed by atoms with Crippen molar-refractivity contribution in [2.75, 3.05) is 33.4 Å². The average Bonchev–Trinajstić information content (AvgIpc) is 2.53. The fraction of sp³-hybridized carbons (Fsp3) is 1.00. The summed E-state index contributed by atoms with van der Waals surface area (Å²) in [6.45, 7) is -4.26. The van der Waals surface area contributed by atoms with Gasteiger partial charge in [0.15, 0.2) is 0 Å². The summed E-state index contributed by atoms with van der Waals surface area (Å²) >= 11 is 0. The first-order valence-corrected chi connectivity index (χ1v) is 7.19. The highest BCUT2D eigenvalue weighted by Crippen LogP contribution is 2.65. The smallest absolute Gasteiger partial charge is 0.379 e. The minimum atomic E-state index is -7.80. The molecule has 0 aromatic heterocycles. The molecule has 0 radical (unpaired) electrons. The van der Waals surface area contributed by atoms with Crippen LogP contribution in [0.4, 0.5) is 61.5 Å². The van der Waals surface area contributed by atoms with Gasteiger partial charge in [-0.1, -0.05) is 0 Å². The minimum absolute atomic E-state index is 0.817. The molecule has 1 heterocycles. The fourth-order valence-corrected chi connectivity index (χ4v) is 2.63. The highest BCUT2D eigenvalue weighted by molar-refractivity contribution is 5.20. The van der Waals surface area contributed by atoms with Crippen LogP contribution in [-0.4, -0.2) is 80.1 Å². The Labute approximate surface area is 152 Å². The van der Waals surface area contributed by atoms with Gasteiger partial charge in [0.1, 0.15) is 0 Å². The van der Waals surface area contributed by atoms with Crippen LogP contribution in [0, 0.1) is 0 Å². The maximum Gasteiger partial charge on any atom is 0.456 e. The van der Waals surface area contributed by atoms with E-state index in [0.717, 1.165) is 0 Å². The van der Waals surface area contributed by atoms with E-state index in [-0.39, 0.29) is 0 Å². The lowest BCUT2D eigenvalue weighted by Crippen LogP contribution is -2.82. The molecule has 0 aromatic rings. The number of halogens is 14. The number of hydrogen-bond donors (Lipinski definition) is 0. The van der Waals surface area contributed by atoms with Crippen LogP contribution < -0.4 is 0 Å². The van der Waals surface area contributed by atoms with Crippen molar-refractivity contribution in [3.8, 4) is 0 Å². The molecule has 17 heteroatoms. The van der Waals surface area contributed by atoms with E-state index in [0.29, 0.717) is 0 Å². The summed E-state index contributed by atoms with van der Waals surface area (Å²) in [5.74, 6) is -23.0. The van der Waals surface area contributed by atoms with Crippen molar-refractivity contribution in [2.45, 2.75) is 41.8 Å². The largest absolute Gasteiger partial charge is 0.456 e. The first-order chi connectivity index (χ1) is 12.7. The Morgan fingerprint density at radius 1 is 0.621 bits per heavy atom. The van der Waals surface area contributed by atoms with Gasteiger partial charge in [-0.05, 0) is 0 Å². The van der Waals surface area contributed by atoms with Gasteiger partial charge in [-0.2, -0.15) is 61.5 Å².